The standard InChI is InChI=1S/C23H27F3N2O4/c1-14(2)28(15(3)4)22(30)27-21(29)17-11-20(32-13-16-9-7-6-8-10-16)19(31-5)12-18(17)23(24,25)26/h6-12,14-15H,13H2,1-5H3,(H,27,29,30). The second-order valence-corrected chi connectivity index (χ2v) is 7.67. The first kappa shape index (κ1) is 25.0. The van der Waals surface area contributed by atoms with Gasteiger partial charge in [0.2, 0.25) is 0 Å². The van der Waals surface area contributed by atoms with Gasteiger partial charge in [-0.15, -0.1) is 0 Å². The van der Waals surface area contributed by atoms with Gasteiger partial charge in [-0.2, -0.15) is 13.2 Å². The molecule has 0 radical (unpaired) electrons. The van der Waals surface area contributed by atoms with Crippen molar-refractivity contribution in [2.24, 2.45) is 0 Å². The van der Waals surface area contributed by atoms with Crippen LogP contribution < -0.4 is 14.8 Å². The number of urea groups is 1. The Bertz CT molecular complexity index is 936. The van der Waals surface area contributed by atoms with Crippen LogP contribution in [0.1, 0.15) is 49.2 Å². The van der Waals surface area contributed by atoms with Crippen molar-refractivity contribution in [1.82, 2.24) is 10.2 Å². The summed E-state index contributed by atoms with van der Waals surface area (Å²) in [6, 6.07) is 9.32. The molecule has 0 saturated heterocycles. The maximum Gasteiger partial charge on any atom is 0.417 e. The van der Waals surface area contributed by atoms with Crippen molar-refractivity contribution in [3.63, 3.8) is 0 Å². The molecule has 1 N–H and O–H groups in total. The predicted molar refractivity (Wildman–Crippen MR) is 114 cm³/mol. The molecule has 3 amide bonds. The van der Waals surface area contributed by atoms with Gasteiger partial charge in [-0.3, -0.25) is 10.1 Å². The third kappa shape index (κ3) is 6.15. The predicted octanol–water partition coefficient (Wildman–Crippen LogP) is 5.26. The van der Waals surface area contributed by atoms with E-state index >= 15 is 0 Å². The number of hydrogen-bond acceptors (Lipinski definition) is 4. The van der Waals surface area contributed by atoms with Crippen LogP contribution in [0.5, 0.6) is 11.5 Å². The SMILES string of the molecule is COc1cc(C(F)(F)F)c(C(=O)NC(=O)N(C(C)C)C(C)C)cc1OCc1ccccc1. The van der Waals surface area contributed by atoms with Gasteiger partial charge in [0.1, 0.15) is 6.61 Å². The van der Waals surface area contributed by atoms with Crippen molar-refractivity contribution in [2.75, 3.05) is 7.11 Å². The summed E-state index contributed by atoms with van der Waals surface area (Å²) in [5, 5.41) is 2.06. The van der Waals surface area contributed by atoms with Crippen LogP contribution in [0.15, 0.2) is 42.5 Å². The molecule has 0 fully saturated rings. The van der Waals surface area contributed by atoms with Crippen molar-refractivity contribution in [3.05, 3.63) is 59.2 Å². The number of ether oxygens (including phenoxy) is 2. The summed E-state index contributed by atoms with van der Waals surface area (Å²) in [5.41, 5.74) is -1.19. The van der Waals surface area contributed by atoms with Crippen LogP contribution in [-0.2, 0) is 12.8 Å². The summed E-state index contributed by atoms with van der Waals surface area (Å²) in [4.78, 5) is 26.7. The number of hydrogen-bond donors (Lipinski definition) is 1. The molecule has 9 heteroatoms. The molecule has 0 heterocycles. The van der Waals surface area contributed by atoms with E-state index in [9.17, 15) is 22.8 Å². The van der Waals surface area contributed by atoms with Crippen molar-refractivity contribution < 1.29 is 32.2 Å². The second kappa shape index (κ2) is 10.4. The Labute approximate surface area is 185 Å². The zero-order chi connectivity index (χ0) is 24.1. The van der Waals surface area contributed by atoms with E-state index in [1.54, 1.807) is 52.0 Å². The number of rotatable bonds is 7. The number of carbonyl (C=O) groups excluding carboxylic acids is 2. The minimum Gasteiger partial charge on any atom is -0.493 e. The smallest absolute Gasteiger partial charge is 0.417 e. The molecule has 0 saturated carbocycles. The van der Waals surface area contributed by atoms with Crippen molar-refractivity contribution in [2.45, 2.75) is 52.6 Å². The van der Waals surface area contributed by atoms with Crippen LogP contribution in [-0.4, -0.2) is 36.0 Å². The number of halogens is 3. The van der Waals surface area contributed by atoms with E-state index < -0.39 is 29.2 Å². The van der Waals surface area contributed by atoms with E-state index in [1.807, 2.05) is 6.07 Å². The summed E-state index contributed by atoms with van der Waals surface area (Å²) in [7, 11) is 1.21. The summed E-state index contributed by atoms with van der Waals surface area (Å²) >= 11 is 0. The average molecular weight is 452 g/mol. The Morgan fingerprint density at radius 3 is 2.09 bits per heavy atom. The molecule has 32 heavy (non-hydrogen) atoms. The first-order chi connectivity index (χ1) is 15.0. The molecule has 6 nitrogen and oxygen atoms in total. The quantitative estimate of drug-likeness (QED) is 0.622. The largest absolute Gasteiger partial charge is 0.493 e. The molecular weight excluding hydrogens is 425 g/mol. The molecule has 2 rings (SSSR count). The van der Waals surface area contributed by atoms with Gasteiger partial charge >= 0.3 is 12.2 Å². The van der Waals surface area contributed by atoms with Crippen LogP contribution in [0.25, 0.3) is 0 Å². The lowest BCUT2D eigenvalue weighted by molar-refractivity contribution is -0.138. The first-order valence-electron chi connectivity index (χ1n) is 10.0. The second-order valence-electron chi connectivity index (χ2n) is 7.67. The Kier molecular flexibility index (Phi) is 8.13. The third-order valence-corrected chi connectivity index (χ3v) is 4.66. The molecule has 174 valence electrons. The number of nitrogens with zero attached hydrogens (tertiary/aromatic N) is 1. The lowest BCUT2D eigenvalue weighted by Crippen LogP contribution is -2.49. The fourth-order valence-corrected chi connectivity index (χ4v) is 3.28. The van der Waals surface area contributed by atoms with Gasteiger partial charge in [0.25, 0.3) is 5.91 Å². The van der Waals surface area contributed by atoms with Gasteiger partial charge in [-0.25, -0.2) is 4.79 Å². The zero-order valence-electron chi connectivity index (χ0n) is 18.6. The van der Waals surface area contributed by atoms with Crippen molar-refractivity contribution in [1.29, 1.82) is 0 Å². The van der Waals surface area contributed by atoms with Gasteiger partial charge in [0, 0.05) is 12.1 Å². The van der Waals surface area contributed by atoms with E-state index in [1.165, 1.54) is 12.0 Å². The summed E-state index contributed by atoms with van der Waals surface area (Å²) < 4.78 is 51.8. The molecule has 0 unspecified atom stereocenters. The topological polar surface area (TPSA) is 67.9 Å². The summed E-state index contributed by atoms with van der Waals surface area (Å²) in [6.07, 6.45) is -4.85. The van der Waals surface area contributed by atoms with E-state index in [4.69, 9.17) is 9.47 Å². The van der Waals surface area contributed by atoms with Crippen molar-refractivity contribution in [3.8, 4) is 11.5 Å². The van der Waals surface area contributed by atoms with Gasteiger partial charge in [-0.1, -0.05) is 30.3 Å². The van der Waals surface area contributed by atoms with Crippen LogP contribution in [0.2, 0.25) is 0 Å². The zero-order valence-corrected chi connectivity index (χ0v) is 18.6. The summed E-state index contributed by atoms with van der Waals surface area (Å²) in [5.74, 6) is -1.41. The Balaban J connectivity index is 2.41. The van der Waals surface area contributed by atoms with Crippen LogP contribution >= 0.6 is 0 Å². The average Bonchev–Trinajstić information content (AvgIpc) is 2.70. The molecule has 0 spiro atoms. The minimum absolute atomic E-state index is 0.0495. The van der Waals surface area contributed by atoms with Crippen molar-refractivity contribution >= 4 is 11.9 Å². The number of nitrogens with one attached hydrogen (secondary N) is 1. The number of alkyl halides is 3. The van der Waals surface area contributed by atoms with Gasteiger partial charge in [0.05, 0.1) is 18.2 Å². The normalized spacial score (nSPS) is 11.4. The monoisotopic (exact) mass is 452 g/mol. The molecule has 2 aromatic rings. The maximum atomic E-state index is 13.7. The molecule has 0 atom stereocenters. The lowest BCUT2D eigenvalue weighted by Gasteiger charge is -2.30. The van der Waals surface area contributed by atoms with E-state index in [2.05, 4.69) is 5.32 Å². The van der Waals surface area contributed by atoms with Crippen LogP contribution in [0, 0.1) is 0 Å². The van der Waals surface area contributed by atoms with E-state index in [-0.39, 0.29) is 30.2 Å². The van der Waals surface area contributed by atoms with Gasteiger partial charge in [0.15, 0.2) is 11.5 Å². The Hall–Kier alpha value is -3.23. The lowest BCUT2D eigenvalue weighted by atomic mass is 10.0. The molecule has 0 bridgehead atoms. The van der Waals surface area contributed by atoms with Crippen LogP contribution in [0.3, 0.4) is 0 Å². The van der Waals surface area contributed by atoms with Gasteiger partial charge in [-0.05, 0) is 45.4 Å². The molecule has 2 aromatic carbocycles. The molecule has 0 aromatic heterocycles. The molecule has 0 aliphatic rings. The third-order valence-electron chi connectivity index (χ3n) is 4.66. The van der Waals surface area contributed by atoms with Crippen LogP contribution in [0.4, 0.5) is 18.0 Å². The maximum absolute atomic E-state index is 13.7. The molecular formula is C23H27F3N2O4. The van der Waals surface area contributed by atoms with E-state index in [0.717, 1.165) is 11.6 Å². The number of amides is 3. The minimum atomic E-state index is -4.85. The molecule has 0 aliphatic carbocycles. The Morgan fingerprint density at radius 1 is 1.00 bits per heavy atom. The highest BCUT2D eigenvalue weighted by atomic mass is 19.4. The highest BCUT2D eigenvalue weighted by Gasteiger charge is 2.37. The fourth-order valence-electron chi connectivity index (χ4n) is 3.28. The van der Waals surface area contributed by atoms with Gasteiger partial charge < -0.3 is 14.4 Å². The highest BCUT2D eigenvalue weighted by molar-refractivity contribution is 6.05. The van der Waals surface area contributed by atoms with E-state index in [0.29, 0.717) is 6.07 Å². The summed E-state index contributed by atoms with van der Waals surface area (Å²) in [6.45, 7) is 7.03. The fraction of sp³-hybridized carbons (Fsp3) is 0.391. The molecule has 0 aliphatic heterocycles. The number of benzene rings is 2. The number of imide groups is 1. The number of carbonyl (C=O) groups is 2. The first-order valence-corrected chi connectivity index (χ1v) is 10.0. The highest BCUT2D eigenvalue weighted by Crippen LogP contribution is 2.39. The Morgan fingerprint density at radius 2 is 1.59 bits per heavy atom. The number of methoxy groups -OCH3 is 1.